The minimum Gasteiger partial charge on any atom is -0.478 e. The van der Waals surface area contributed by atoms with Gasteiger partial charge in [0.05, 0.1) is 5.56 Å². The van der Waals surface area contributed by atoms with Gasteiger partial charge in [0.1, 0.15) is 5.82 Å². The second-order valence-corrected chi connectivity index (χ2v) is 5.20. The minimum atomic E-state index is -0.942. The van der Waals surface area contributed by atoms with Gasteiger partial charge < -0.3 is 15.5 Å². The van der Waals surface area contributed by atoms with Crippen LogP contribution in [0.15, 0.2) is 12.1 Å². The summed E-state index contributed by atoms with van der Waals surface area (Å²) in [6.45, 7) is 2.75. The Morgan fingerprint density at radius 3 is 2.84 bits per heavy atom. The molecule has 1 aromatic rings. The first kappa shape index (κ1) is 13.8. The quantitative estimate of drug-likeness (QED) is 0.756. The van der Waals surface area contributed by atoms with E-state index in [1.165, 1.54) is 0 Å². The summed E-state index contributed by atoms with van der Waals surface area (Å²) in [4.78, 5) is 15.3. The number of aliphatic hydroxyl groups is 1. The van der Waals surface area contributed by atoms with Gasteiger partial charge in [-0.3, -0.25) is 0 Å². The molecule has 19 heavy (non-hydrogen) atoms. The molecule has 0 amide bonds. The Morgan fingerprint density at radius 2 is 2.16 bits per heavy atom. The van der Waals surface area contributed by atoms with Crippen LogP contribution in [0.1, 0.15) is 35.3 Å². The Bertz CT molecular complexity index is 462. The third kappa shape index (κ3) is 3.44. The van der Waals surface area contributed by atoms with Crippen LogP contribution in [-0.4, -0.2) is 34.3 Å². The van der Waals surface area contributed by atoms with Crippen molar-refractivity contribution in [2.75, 3.05) is 18.5 Å². The van der Waals surface area contributed by atoms with Crippen LogP contribution < -0.4 is 5.32 Å². The second-order valence-electron chi connectivity index (χ2n) is 5.20. The van der Waals surface area contributed by atoms with E-state index in [0.29, 0.717) is 23.3 Å². The lowest BCUT2D eigenvalue weighted by molar-refractivity contribution is 0.0696. The molecule has 1 aromatic heterocycles. The molecule has 0 radical (unpaired) electrons. The third-order valence-corrected chi connectivity index (χ3v) is 3.80. The highest BCUT2D eigenvalue weighted by atomic mass is 16.4. The Kier molecular flexibility index (Phi) is 4.37. The zero-order chi connectivity index (χ0) is 13.8. The maximum absolute atomic E-state index is 11.0. The van der Waals surface area contributed by atoms with Crippen molar-refractivity contribution in [3.05, 3.63) is 23.4 Å². The van der Waals surface area contributed by atoms with Crippen LogP contribution in [0.2, 0.25) is 0 Å². The van der Waals surface area contributed by atoms with Crippen molar-refractivity contribution in [1.82, 2.24) is 4.98 Å². The summed E-state index contributed by atoms with van der Waals surface area (Å²) in [5.74, 6) is 0.459. The van der Waals surface area contributed by atoms with Crippen molar-refractivity contribution in [3.63, 3.8) is 0 Å². The van der Waals surface area contributed by atoms with Gasteiger partial charge in [-0.15, -0.1) is 0 Å². The fraction of sp³-hybridized carbons (Fsp3) is 0.571. The van der Waals surface area contributed by atoms with E-state index in [4.69, 9.17) is 5.11 Å². The van der Waals surface area contributed by atoms with Crippen molar-refractivity contribution < 1.29 is 15.0 Å². The van der Waals surface area contributed by atoms with Crippen LogP contribution in [0.25, 0.3) is 0 Å². The fourth-order valence-electron chi connectivity index (χ4n) is 2.74. The van der Waals surface area contributed by atoms with Crippen LogP contribution in [0.5, 0.6) is 0 Å². The average molecular weight is 264 g/mol. The molecule has 5 heteroatoms. The smallest absolute Gasteiger partial charge is 0.335 e. The zero-order valence-electron chi connectivity index (χ0n) is 11.1. The molecule has 1 aliphatic rings. The number of pyridine rings is 1. The molecule has 1 saturated carbocycles. The van der Waals surface area contributed by atoms with E-state index < -0.39 is 5.97 Å². The Morgan fingerprint density at radius 1 is 1.42 bits per heavy atom. The minimum absolute atomic E-state index is 0.230. The molecule has 1 aliphatic carbocycles. The van der Waals surface area contributed by atoms with Gasteiger partial charge in [-0.25, -0.2) is 9.78 Å². The predicted molar refractivity (Wildman–Crippen MR) is 72.3 cm³/mol. The molecule has 1 heterocycles. The molecule has 0 saturated heterocycles. The van der Waals surface area contributed by atoms with Gasteiger partial charge in [-0.2, -0.15) is 0 Å². The van der Waals surface area contributed by atoms with Crippen molar-refractivity contribution in [2.45, 2.75) is 26.2 Å². The third-order valence-electron chi connectivity index (χ3n) is 3.80. The van der Waals surface area contributed by atoms with Crippen LogP contribution in [0.3, 0.4) is 0 Å². The molecule has 3 N–H and O–H groups in total. The summed E-state index contributed by atoms with van der Waals surface area (Å²) in [6, 6.07) is 3.11. The van der Waals surface area contributed by atoms with E-state index in [1.807, 2.05) is 0 Å². The highest BCUT2D eigenvalue weighted by molar-refractivity contribution is 5.88. The van der Waals surface area contributed by atoms with Gasteiger partial charge in [0.25, 0.3) is 0 Å². The summed E-state index contributed by atoms with van der Waals surface area (Å²) in [5.41, 5.74) is 0.938. The molecule has 104 valence electrons. The number of nitrogens with zero attached hydrogens (tertiary/aromatic N) is 1. The topological polar surface area (TPSA) is 82.5 Å². The van der Waals surface area contributed by atoms with Crippen molar-refractivity contribution in [2.24, 2.45) is 11.8 Å². The number of hydrogen-bond donors (Lipinski definition) is 3. The zero-order valence-corrected chi connectivity index (χ0v) is 11.1. The number of hydrogen-bond acceptors (Lipinski definition) is 4. The maximum atomic E-state index is 11.0. The maximum Gasteiger partial charge on any atom is 0.335 e. The number of aromatic nitrogens is 1. The molecule has 5 nitrogen and oxygen atoms in total. The van der Waals surface area contributed by atoms with E-state index in [2.05, 4.69) is 10.3 Å². The van der Waals surface area contributed by atoms with Gasteiger partial charge in [0, 0.05) is 18.8 Å². The van der Waals surface area contributed by atoms with Gasteiger partial charge in [-0.05, 0) is 43.7 Å². The number of carboxylic acids is 1. The van der Waals surface area contributed by atoms with E-state index >= 15 is 0 Å². The van der Waals surface area contributed by atoms with Crippen LogP contribution in [-0.2, 0) is 0 Å². The van der Waals surface area contributed by atoms with Crippen LogP contribution in [0, 0.1) is 18.8 Å². The normalized spacial score (nSPS) is 22.4. The van der Waals surface area contributed by atoms with Crippen LogP contribution >= 0.6 is 0 Å². The number of carboxylic acid groups (broad SMARTS) is 1. The second kappa shape index (κ2) is 6.02. The SMILES string of the molecule is Cc1cc(C(=O)O)cc(NCC2CCCC2CO)n1. The molecular formula is C14H20N2O3. The number of aryl methyl sites for hydroxylation is 1. The lowest BCUT2D eigenvalue weighted by atomic mass is 9.97. The number of aliphatic hydroxyl groups excluding tert-OH is 1. The van der Waals surface area contributed by atoms with E-state index in [1.54, 1.807) is 19.1 Å². The summed E-state index contributed by atoms with van der Waals surface area (Å²) in [6.07, 6.45) is 3.33. The highest BCUT2D eigenvalue weighted by Gasteiger charge is 2.26. The molecular weight excluding hydrogens is 244 g/mol. The first-order valence-corrected chi connectivity index (χ1v) is 6.67. The first-order chi connectivity index (χ1) is 9.10. The van der Waals surface area contributed by atoms with Crippen molar-refractivity contribution in [3.8, 4) is 0 Å². The van der Waals surface area contributed by atoms with Crippen LogP contribution in [0.4, 0.5) is 5.82 Å². The number of rotatable bonds is 5. The van der Waals surface area contributed by atoms with E-state index in [-0.39, 0.29) is 12.2 Å². The Balaban J connectivity index is 2.01. The Hall–Kier alpha value is -1.62. The first-order valence-electron chi connectivity index (χ1n) is 6.67. The number of nitrogens with one attached hydrogen (secondary N) is 1. The largest absolute Gasteiger partial charge is 0.478 e. The molecule has 0 spiro atoms. The van der Waals surface area contributed by atoms with Gasteiger partial charge in [-0.1, -0.05) is 6.42 Å². The lowest BCUT2D eigenvalue weighted by Crippen LogP contribution is -2.21. The predicted octanol–water partition coefficient (Wildman–Crippen LogP) is 1.91. The van der Waals surface area contributed by atoms with Crippen molar-refractivity contribution in [1.29, 1.82) is 0 Å². The summed E-state index contributed by atoms with van der Waals surface area (Å²) in [7, 11) is 0. The molecule has 0 aliphatic heterocycles. The molecule has 0 bridgehead atoms. The molecule has 2 rings (SSSR count). The molecule has 0 aromatic carbocycles. The fourth-order valence-corrected chi connectivity index (χ4v) is 2.74. The summed E-state index contributed by atoms with van der Waals surface area (Å²) >= 11 is 0. The van der Waals surface area contributed by atoms with Crippen molar-refractivity contribution >= 4 is 11.8 Å². The van der Waals surface area contributed by atoms with E-state index in [9.17, 15) is 9.90 Å². The monoisotopic (exact) mass is 264 g/mol. The molecule has 2 unspecified atom stereocenters. The summed E-state index contributed by atoms with van der Waals surface area (Å²) in [5, 5.41) is 21.5. The summed E-state index contributed by atoms with van der Waals surface area (Å²) < 4.78 is 0. The van der Waals surface area contributed by atoms with E-state index in [0.717, 1.165) is 25.8 Å². The standard InChI is InChI=1S/C14H20N2O3/c1-9-5-12(14(18)19)6-13(16-9)15-7-10-3-2-4-11(10)8-17/h5-6,10-11,17H,2-4,7-8H2,1H3,(H,15,16)(H,18,19). The van der Waals surface area contributed by atoms with Gasteiger partial charge in [0.15, 0.2) is 0 Å². The van der Waals surface area contributed by atoms with Gasteiger partial charge in [0.2, 0.25) is 0 Å². The highest BCUT2D eigenvalue weighted by Crippen LogP contribution is 2.31. The number of aromatic carboxylic acids is 1. The lowest BCUT2D eigenvalue weighted by Gasteiger charge is -2.18. The molecule has 2 atom stereocenters. The Labute approximate surface area is 112 Å². The number of carbonyl (C=O) groups is 1. The molecule has 1 fully saturated rings. The van der Waals surface area contributed by atoms with Gasteiger partial charge >= 0.3 is 5.97 Å². The number of anilines is 1. The average Bonchev–Trinajstić information content (AvgIpc) is 2.83.